The molecule has 0 aliphatic carbocycles. The van der Waals surface area contributed by atoms with E-state index in [1.54, 1.807) is 11.8 Å². The number of alkyl halides is 3. The van der Waals surface area contributed by atoms with Crippen molar-refractivity contribution in [3.8, 4) is 0 Å². The molecule has 2 saturated heterocycles. The summed E-state index contributed by atoms with van der Waals surface area (Å²) in [6, 6.07) is 8.15. The highest BCUT2D eigenvalue weighted by Crippen LogP contribution is 2.35. The van der Waals surface area contributed by atoms with Crippen LogP contribution >= 0.6 is 34.8 Å². The Hall–Kier alpha value is -3.41. The van der Waals surface area contributed by atoms with E-state index in [1.807, 2.05) is 56.3 Å². The van der Waals surface area contributed by atoms with Crippen molar-refractivity contribution in [1.82, 2.24) is 25.4 Å². The fourth-order valence-corrected chi connectivity index (χ4v) is 6.69. The minimum Gasteiger partial charge on any atom is -0.461 e. The molecule has 51 heavy (non-hydrogen) atoms. The van der Waals surface area contributed by atoms with Crippen LogP contribution in [0.5, 0.6) is 0 Å². The minimum absolute atomic E-state index is 0.0573. The lowest BCUT2D eigenvalue weighted by molar-refractivity contribution is -0.152. The van der Waals surface area contributed by atoms with Crippen LogP contribution in [0, 0.1) is 17.3 Å². The third-order valence-corrected chi connectivity index (χ3v) is 10.0. The van der Waals surface area contributed by atoms with Crippen LogP contribution in [-0.2, 0) is 35.1 Å². The van der Waals surface area contributed by atoms with Crippen LogP contribution < -0.4 is 10.6 Å². The molecule has 1 aromatic carbocycles. The molecule has 3 unspecified atom stereocenters. The van der Waals surface area contributed by atoms with Gasteiger partial charge in [-0.15, -0.1) is 0 Å². The number of hydrogen-bond donors (Lipinski definition) is 2. The molecule has 0 radical (unpaired) electrons. The predicted molar refractivity (Wildman–Crippen MR) is 199 cm³/mol. The van der Waals surface area contributed by atoms with Crippen molar-refractivity contribution < 1.29 is 28.7 Å². The lowest BCUT2D eigenvalue weighted by Crippen LogP contribution is -2.58. The molecule has 4 rings (SSSR count). The summed E-state index contributed by atoms with van der Waals surface area (Å²) >= 11 is 17.1. The van der Waals surface area contributed by atoms with E-state index in [1.165, 1.54) is 11.8 Å². The van der Waals surface area contributed by atoms with Gasteiger partial charge in [-0.1, -0.05) is 85.9 Å². The molecule has 2 N–H and O–H groups in total. The van der Waals surface area contributed by atoms with Crippen molar-refractivity contribution in [3.63, 3.8) is 0 Å². The maximum absolute atomic E-state index is 14.2. The van der Waals surface area contributed by atoms with E-state index < -0.39 is 45.7 Å². The van der Waals surface area contributed by atoms with Crippen LogP contribution in [0.1, 0.15) is 71.6 Å². The molecule has 2 aliphatic heterocycles. The van der Waals surface area contributed by atoms with Gasteiger partial charge in [0.2, 0.25) is 27.4 Å². The highest BCUT2D eigenvalue weighted by Gasteiger charge is 2.42. The number of piperidine rings is 2. The van der Waals surface area contributed by atoms with Crippen LogP contribution in [0.4, 0.5) is 0 Å². The summed E-state index contributed by atoms with van der Waals surface area (Å²) in [4.78, 5) is 74.0. The Bertz CT molecular complexity index is 1640. The van der Waals surface area contributed by atoms with Crippen molar-refractivity contribution in [2.75, 3.05) is 32.8 Å². The zero-order chi connectivity index (χ0) is 37.5. The number of nitrogens with zero attached hydrogens (tertiary/aromatic N) is 3. The standard InChI is InChI=1S/C37H48Cl3N5O6/c1-6-29-12-11-27-10-9-26(20-30(27)42-29)13-14-36(15-18-44(19-16-36)25(5)46)35(50)43-31(23(2)3)32(47)41-24(4)33(48)45-17-7-8-28(21-45)34(49)51-22-37(38,39)40/h9-14,20,23-24,28,31H,6-8,15-19,21-22H2,1-5H3,(H,41,47)(H,43,50)/b14-13+. The highest BCUT2D eigenvalue weighted by molar-refractivity contribution is 6.67. The lowest BCUT2D eigenvalue weighted by atomic mass is 9.76. The van der Waals surface area contributed by atoms with Crippen molar-refractivity contribution in [2.24, 2.45) is 17.3 Å². The maximum Gasteiger partial charge on any atom is 0.310 e. The number of ether oxygens (including phenoxy) is 1. The van der Waals surface area contributed by atoms with Gasteiger partial charge in [-0.2, -0.15) is 0 Å². The zero-order valence-corrected chi connectivity index (χ0v) is 32.1. The first-order valence-corrected chi connectivity index (χ1v) is 18.6. The van der Waals surface area contributed by atoms with Gasteiger partial charge in [0.15, 0.2) is 0 Å². The number of halogens is 3. The number of carbonyl (C=O) groups excluding carboxylic acids is 5. The van der Waals surface area contributed by atoms with Crippen LogP contribution in [-0.4, -0.2) is 93.0 Å². The maximum atomic E-state index is 14.2. The van der Waals surface area contributed by atoms with Gasteiger partial charge < -0.3 is 25.2 Å². The average molecular weight is 765 g/mol. The number of carbonyl (C=O) groups is 5. The van der Waals surface area contributed by atoms with Gasteiger partial charge in [0.05, 0.1) is 16.8 Å². The lowest BCUT2D eigenvalue weighted by Gasteiger charge is -2.39. The molecule has 0 spiro atoms. The van der Waals surface area contributed by atoms with E-state index in [0.29, 0.717) is 45.3 Å². The Morgan fingerprint density at radius 1 is 1.02 bits per heavy atom. The van der Waals surface area contributed by atoms with Crippen LogP contribution in [0.15, 0.2) is 36.4 Å². The van der Waals surface area contributed by atoms with Gasteiger partial charge in [0.25, 0.3) is 0 Å². The fourth-order valence-electron chi connectivity index (χ4n) is 6.52. The second-order valence-corrected chi connectivity index (χ2v) is 16.4. The molecule has 0 saturated carbocycles. The number of esters is 1. The predicted octanol–water partition coefficient (Wildman–Crippen LogP) is 5.24. The Kier molecular flexibility index (Phi) is 13.8. The molecule has 14 heteroatoms. The van der Waals surface area contributed by atoms with E-state index in [-0.39, 0.29) is 30.2 Å². The summed E-state index contributed by atoms with van der Waals surface area (Å²) in [7, 11) is 0. The quantitative estimate of drug-likeness (QED) is 0.236. The Balaban J connectivity index is 1.46. The first-order chi connectivity index (χ1) is 24.0. The number of nitrogens with one attached hydrogen (secondary N) is 2. The fraction of sp³-hybridized carbons (Fsp3) is 0.568. The SMILES string of the molecule is CCc1ccc2ccc(/C=C/C3(C(=O)NC(C(=O)NC(C)C(=O)N4CCCC(C(=O)OCC(Cl)(Cl)Cl)C4)C(C)C)CCN(C(C)=O)CC3)cc2n1. The summed E-state index contributed by atoms with van der Waals surface area (Å²) in [6.45, 7) is 9.70. The number of likely N-dealkylation sites (tertiary alicyclic amines) is 2. The number of rotatable bonds is 11. The van der Waals surface area contributed by atoms with Crippen LogP contribution in [0.3, 0.4) is 0 Å². The normalized spacial score (nSPS) is 19.1. The molecule has 0 bridgehead atoms. The summed E-state index contributed by atoms with van der Waals surface area (Å²) < 4.78 is 3.39. The number of hydrogen-bond acceptors (Lipinski definition) is 7. The molecule has 3 atom stereocenters. The van der Waals surface area contributed by atoms with Gasteiger partial charge in [0, 0.05) is 44.2 Å². The minimum atomic E-state index is -1.74. The van der Waals surface area contributed by atoms with Gasteiger partial charge in [-0.05, 0) is 62.6 Å². The summed E-state index contributed by atoms with van der Waals surface area (Å²) in [5, 5.41) is 6.79. The Morgan fingerprint density at radius 3 is 2.33 bits per heavy atom. The zero-order valence-electron chi connectivity index (χ0n) is 29.8. The average Bonchev–Trinajstić information content (AvgIpc) is 3.10. The first kappa shape index (κ1) is 40.4. The van der Waals surface area contributed by atoms with E-state index in [2.05, 4.69) is 17.6 Å². The number of fused-ring (bicyclic) bond motifs is 1. The Labute approximate surface area is 314 Å². The molecule has 278 valence electrons. The third kappa shape index (κ3) is 10.8. The Morgan fingerprint density at radius 2 is 1.71 bits per heavy atom. The van der Waals surface area contributed by atoms with Gasteiger partial charge >= 0.3 is 5.97 Å². The van der Waals surface area contributed by atoms with Gasteiger partial charge in [-0.25, -0.2) is 0 Å². The molecule has 1 aromatic heterocycles. The van der Waals surface area contributed by atoms with Crippen molar-refractivity contribution >= 4 is 81.4 Å². The molecular formula is C37H48Cl3N5O6. The van der Waals surface area contributed by atoms with Crippen molar-refractivity contribution in [3.05, 3.63) is 47.7 Å². The molecular weight excluding hydrogens is 717 g/mol. The molecule has 11 nitrogen and oxygen atoms in total. The summed E-state index contributed by atoms with van der Waals surface area (Å²) in [5.41, 5.74) is 1.75. The number of amides is 4. The second-order valence-electron chi connectivity index (χ2n) is 13.9. The van der Waals surface area contributed by atoms with E-state index in [9.17, 15) is 24.0 Å². The van der Waals surface area contributed by atoms with Gasteiger partial charge in [0.1, 0.15) is 18.7 Å². The number of benzene rings is 1. The first-order valence-electron chi connectivity index (χ1n) is 17.5. The van der Waals surface area contributed by atoms with Crippen molar-refractivity contribution in [2.45, 2.75) is 82.6 Å². The number of aromatic nitrogens is 1. The summed E-state index contributed by atoms with van der Waals surface area (Å²) in [5.74, 6) is -2.68. The van der Waals surface area contributed by atoms with Crippen molar-refractivity contribution in [1.29, 1.82) is 0 Å². The molecule has 4 amide bonds. The molecule has 2 aliphatic rings. The monoisotopic (exact) mass is 763 g/mol. The molecule has 2 aromatic rings. The number of aryl methyl sites for hydroxylation is 1. The highest BCUT2D eigenvalue weighted by atomic mass is 35.6. The third-order valence-electron chi connectivity index (χ3n) is 9.69. The number of pyridine rings is 1. The van der Waals surface area contributed by atoms with E-state index >= 15 is 0 Å². The van der Waals surface area contributed by atoms with Gasteiger partial charge in [-0.3, -0.25) is 29.0 Å². The van der Waals surface area contributed by atoms with E-state index in [0.717, 1.165) is 28.6 Å². The van der Waals surface area contributed by atoms with Crippen LogP contribution in [0.2, 0.25) is 0 Å². The molecule has 3 heterocycles. The summed E-state index contributed by atoms with van der Waals surface area (Å²) in [6.07, 6.45) is 6.45. The largest absolute Gasteiger partial charge is 0.461 e. The smallest absolute Gasteiger partial charge is 0.310 e. The second kappa shape index (κ2) is 17.4. The molecule has 2 fully saturated rings. The topological polar surface area (TPSA) is 138 Å². The van der Waals surface area contributed by atoms with E-state index in [4.69, 9.17) is 44.5 Å². The van der Waals surface area contributed by atoms with Crippen LogP contribution in [0.25, 0.3) is 17.0 Å².